The van der Waals surface area contributed by atoms with Crippen LogP contribution in [0.15, 0.2) is 17.8 Å². The number of hydrogen-bond donors (Lipinski definition) is 0. The Kier molecular flexibility index (Phi) is 4.99. The molecule has 2 aromatic rings. The second-order valence-electron chi connectivity index (χ2n) is 4.10. The van der Waals surface area contributed by atoms with Crippen molar-refractivity contribution >= 4 is 23.2 Å². The van der Waals surface area contributed by atoms with Gasteiger partial charge in [0.15, 0.2) is 0 Å². The highest BCUT2D eigenvalue weighted by molar-refractivity contribution is 7.12. The molecule has 0 aromatic carbocycles. The number of carbonyl (C=O) groups excluding carboxylic acids is 2. The van der Waals surface area contributed by atoms with Crippen LogP contribution in [0.3, 0.4) is 0 Å². The van der Waals surface area contributed by atoms with Crippen LogP contribution in [0.1, 0.15) is 23.0 Å². The van der Waals surface area contributed by atoms with Gasteiger partial charge in [0, 0.05) is 13.1 Å². The summed E-state index contributed by atoms with van der Waals surface area (Å²) in [5.41, 5.74) is 0.631. The van der Waals surface area contributed by atoms with Gasteiger partial charge in [-0.15, -0.1) is 16.4 Å². The number of rotatable bonds is 6. The molecule has 21 heavy (non-hydrogen) atoms. The molecule has 0 radical (unpaired) electrons. The van der Waals surface area contributed by atoms with Crippen LogP contribution in [0.2, 0.25) is 0 Å². The third-order valence-electron chi connectivity index (χ3n) is 2.92. The Hall–Kier alpha value is -2.29. The molecule has 0 atom stereocenters. The summed E-state index contributed by atoms with van der Waals surface area (Å²) < 4.78 is 6.04. The van der Waals surface area contributed by atoms with E-state index in [1.54, 1.807) is 16.3 Å². The lowest BCUT2D eigenvalue weighted by molar-refractivity contribution is -0.140. The molecule has 2 aromatic heterocycles. The smallest absolute Gasteiger partial charge is 0.307 e. The van der Waals surface area contributed by atoms with Crippen molar-refractivity contribution in [1.82, 2.24) is 25.1 Å². The number of methoxy groups -OCH3 is 1. The minimum Gasteiger partial charge on any atom is -0.469 e. The number of thiophene rings is 1. The lowest BCUT2D eigenvalue weighted by atomic mass is 10.3. The van der Waals surface area contributed by atoms with Crippen molar-refractivity contribution in [2.45, 2.75) is 13.3 Å². The zero-order valence-electron chi connectivity index (χ0n) is 11.7. The lowest BCUT2D eigenvalue weighted by Crippen LogP contribution is -2.33. The number of aromatic nitrogens is 4. The van der Waals surface area contributed by atoms with Crippen LogP contribution >= 0.6 is 11.3 Å². The van der Waals surface area contributed by atoms with Gasteiger partial charge in [-0.1, -0.05) is 0 Å². The van der Waals surface area contributed by atoms with Gasteiger partial charge in [-0.2, -0.15) is 4.68 Å². The van der Waals surface area contributed by atoms with E-state index in [1.165, 1.54) is 29.5 Å². The Morgan fingerprint density at radius 3 is 2.90 bits per heavy atom. The van der Waals surface area contributed by atoms with Gasteiger partial charge >= 0.3 is 5.97 Å². The third kappa shape index (κ3) is 3.43. The number of carbonyl (C=O) groups is 2. The first-order valence-electron chi connectivity index (χ1n) is 6.34. The van der Waals surface area contributed by atoms with Gasteiger partial charge in [0.05, 0.1) is 19.2 Å². The first kappa shape index (κ1) is 15.1. The number of tetrazole rings is 1. The van der Waals surface area contributed by atoms with E-state index in [-0.39, 0.29) is 18.3 Å². The first-order chi connectivity index (χ1) is 10.2. The quantitative estimate of drug-likeness (QED) is 0.731. The SMILES string of the molecule is CCN(CCC(=O)OC)C(=O)c1sccc1-n1cnnn1. The predicted molar refractivity (Wildman–Crippen MR) is 75.2 cm³/mol. The minimum atomic E-state index is -0.340. The van der Waals surface area contributed by atoms with E-state index in [4.69, 9.17) is 0 Å². The van der Waals surface area contributed by atoms with Gasteiger partial charge in [0.25, 0.3) is 5.91 Å². The van der Waals surface area contributed by atoms with Gasteiger partial charge in [-0.3, -0.25) is 9.59 Å². The molecule has 0 saturated carbocycles. The van der Waals surface area contributed by atoms with E-state index in [0.717, 1.165) is 0 Å². The topological polar surface area (TPSA) is 90.2 Å². The Morgan fingerprint density at radius 2 is 2.29 bits per heavy atom. The van der Waals surface area contributed by atoms with Gasteiger partial charge < -0.3 is 9.64 Å². The molecule has 0 aliphatic heterocycles. The monoisotopic (exact) mass is 309 g/mol. The molecule has 2 rings (SSSR count). The summed E-state index contributed by atoms with van der Waals surface area (Å²) in [6.45, 7) is 2.68. The van der Waals surface area contributed by atoms with E-state index in [9.17, 15) is 9.59 Å². The van der Waals surface area contributed by atoms with Crippen LogP contribution < -0.4 is 0 Å². The molecule has 9 heteroatoms. The summed E-state index contributed by atoms with van der Waals surface area (Å²) in [5.74, 6) is -0.491. The highest BCUT2D eigenvalue weighted by Gasteiger charge is 2.21. The molecule has 2 heterocycles. The maximum absolute atomic E-state index is 12.6. The summed E-state index contributed by atoms with van der Waals surface area (Å²) in [5, 5.41) is 12.7. The van der Waals surface area contributed by atoms with Crippen molar-refractivity contribution in [3.63, 3.8) is 0 Å². The van der Waals surface area contributed by atoms with Gasteiger partial charge in [0.1, 0.15) is 11.2 Å². The van der Waals surface area contributed by atoms with Gasteiger partial charge in [0.2, 0.25) is 0 Å². The van der Waals surface area contributed by atoms with Crippen LogP contribution in [0.4, 0.5) is 0 Å². The Balaban J connectivity index is 2.15. The second-order valence-corrected chi connectivity index (χ2v) is 5.02. The molecule has 1 amide bonds. The number of ether oxygens (including phenoxy) is 1. The normalized spacial score (nSPS) is 10.4. The minimum absolute atomic E-state index is 0.151. The third-order valence-corrected chi connectivity index (χ3v) is 3.81. The van der Waals surface area contributed by atoms with Crippen LogP contribution in [-0.4, -0.2) is 57.2 Å². The van der Waals surface area contributed by atoms with E-state index >= 15 is 0 Å². The number of nitrogens with zero attached hydrogens (tertiary/aromatic N) is 5. The average Bonchev–Trinajstić information content (AvgIpc) is 3.17. The maximum Gasteiger partial charge on any atom is 0.307 e. The molecule has 0 aliphatic rings. The van der Waals surface area contributed by atoms with Crippen LogP contribution in [0.5, 0.6) is 0 Å². The summed E-state index contributed by atoms with van der Waals surface area (Å²) in [6.07, 6.45) is 1.60. The van der Waals surface area contributed by atoms with Gasteiger partial charge in [-0.25, -0.2) is 0 Å². The predicted octanol–water partition coefficient (Wildman–Crippen LogP) is 0.749. The van der Waals surface area contributed by atoms with Crippen molar-refractivity contribution in [3.8, 4) is 5.69 Å². The van der Waals surface area contributed by atoms with Crippen LogP contribution in [0, 0.1) is 0 Å². The largest absolute Gasteiger partial charge is 0.469 e. The number of hydrogen-bond acceptors (Lipinski definition) is 7. The molecule has 0 unspecified atom stereocenters. The molecule has 0 saturated heterocycles. The van der Waals surface area contributed by atoms with E-state index in [2.05, 4.69) is 20.3 Å². The maximum atomic E-state index is 12.6. The average molecular weight is 309 g/mol. The molecule has 0 bridgehead atoms. The lowest BCUT2D eigenvalue weighted by Gasteiger charge is -2.20. The highest BCUT2D eigenvalue weighted by atomic mass is 32.1. The molecule has 0 fully saturated rings. The van der Waals surface area contributed by atoms with Crippen LogP contribution in [0.25, 0.3) is 5.69 Å². The molecule has 8 nitrogen and oxygen atoms in total. The molecule has 112 valence electrons. The van der Waals surface area contributed by atoms with E-state index in [0.29, 0.717) is 23.7 Å². The molecule has 0 N–H and O–H groups in total. The second kappa shape index (κ2) is 6.93. The summed E-state index contributed by atoms with van der Waals surface area (Å²) >= 11 is 1.32. The highest BCUT2D eigenvalue weighted by Crippen LogP contribution is 2.22. The first-order valence-corrected chi connectivity index (χ1v) is 7.22. The van der Waals surface area contributed by atoms with E-state index in [1.807, 2.05) is 6.92 Å². The fourth-order valence-corrected chi connectivity index (χ4v) is 2.64. The summed E-state index contributed by atoms with van der Waals surface area (Å²) in [4.78, 5) is 25.9. The standard InChI is InChI=1S/C12H15N5O3S/c1-3-16(6-4-10(18)20-2)12(19)11-9(5-7-21-11)17-8-13-14-15-17/h5,7-8H,3-4,6H2,1-2H3. The van der Waals surface area contributed by atoms with Crippen molar-refractivity contribution < 1.29 is 14.3 Å². The molecule has 0 spiro atoms. The molecule has 0 aliphatic carbocycles. The van der Waals surface area contributed by atoms with Crippen molar-refractivity contribution in [2.24, 2.45) is 0 Å². The van der Waals surface area contributed by atoms with E-state index < -0.39 is 0 Å². The zero-order chi connectivity index (χ0) is 15.2. The number of amides is 1. The zero-order valence-corrected chi connectivity index (χ0v) is 12.5. The molecular formula is C12H15N5O3S. The Bertz CT molecular complexity index is 610. The van der Waals surface area contributed by atoms with Crippen molar-refractivity contribution in [3.05, 3.63) is 22.7 Å². The summed E-state index contributed by atoms with van der Waals surface area (Å²) in [6, 6.07) is 1.78. The Morgan fingerprint density at radius 1 is 1.48 bits per heavy atom. The molecular weight excluding hydrogens is 294 g/mol. The summed E-state index contributed by atoms with van der Waals surface area (Å²) in [7, 11) is 1.33. The van der Waals surface area contributed by atoms with Gasteiger partial charge in [-0.05, 0) is 28.8 Å². The number of esters is 1. The Labute approximate surface area is 125 Å². The van der Waals surface area contributed by atoms with Crippen molar-refractivity contribution in [2.75, 3.05) is 20.2 Å². The fourth-order valence-electron chi connectivity index (χ4n) is 1.79. The fraction of sp³-hybridized carbons (Fsp3) is 0.417. The van der Waals surface area contributed by atoms with Crippen LogP contribution in [-0.2, 0) is 9.53 Å². The van der Waals surface area contributed by atoms with Crippen molar-refractivity contribution in [1.29, 1.82) is 0 Å².